The van der Waals surface area contributed by atoms with E-state index in [0.717, 1.165) is 4.90 Å². The second-order valence-electron chi connectivity index (χ2n) is 4.97. The van der Waals surface area contributed by atoms with Gasteiger partial charge in [-0.3, -0.25) is 9.71 Å². The maximum Gasteiger partial charge on any atom is 0.417 e. The molecule has 0 spiro atoms. The van der Waals surface area contributed by atoms with Crippen LogP contribution in [0, 0.1) is 6.92 Å². The zero-order chi connectivity index (χ0) is 16.6. The van der Waals surface area contributed by atoms with E-state index in [1.54, 1.807) is 31.2 Å². The number of hydrogen-bond acceptors (Lipinski definition) is 5. The number of aromatic amines is 1. The van der Waals surface area contributed by atoms with Crippen molar-refractivity contribution in [3.05, 3.63) is 52.5 Å². The van der Waals surface area contributed by atoms with Gasteiger partial charge in [0.1, 0.15) is 0 Å². The number of sulfonamides is 1. The molecule has 0 amide bonds. The van der Waals surface area contributed by atoms with E-state index in [1.165, 1.54) is 17.8 Å². The monoisotopic (exact) mass is 350 g/mol. The minimum absolute atomic E-state index is 0.0716. The van der Waals surface area contributed by atoms with Gasteiger partial charge in [-0.1, -0.05) is 6.07 Å². The molecule has 0 unspecified atom stereocenters. The first-order chi connectivity index (χ1) is 10.9. The summed E-state index contributed by atoms with van der Waals surface area (Å²) in [5.74, 6) is -0.616. The minimum atomic E-state index is -3.79. The molecule has 1 aromatic heterocycles. The van der Waals surface area contributed by atoms with Crippen LogP contribution in [0.3, 0.4) is 0 Å². The van der Waals surface area contributed by atoms with Crippen molar-refractivity contribution in [3.8, 4) is 0 Å². The molecule has 2 N–H and O–H groups in total. The molecule has 0 atom stereocenters. The number of anilines is 1. The first-order valence-electron chi connectivity index (χ1n) is 6.69. The molecule has 0 aliphatic rings. The molecule has 8 heteroatoms. The van der Waals surface area contributed by atoms with Crippen LogP contribution in [0.2, 0.25) is 0 Å². The highest BCUT2D eigenvalue weighted by Gasteiger charge is 2.19. The van der Waals surface area contributed by atoms with Crippen LogP contribution in [0.4, 0.5) is 5.69 Å². The highest BCUT2D eigenvalue weighted by Crippen LogP contribution is 2.25. The van der Waals surface area contributed by atoms with Gasteiger partial charge in [0.15, 0.2) is 5.58 Å². The SMILES string of the molecule is CSc1cccc(NS(=O)(=O)c2cc3oc(=O)[nH]c3cc2C)c1. The fraction of sp³-hybridized carbons (Fsp3) is 0.133. The summed E-state index contributed by atoms with van der Waals surface area (Å²) in [6, 6.07) is 10.0. The number of oxazole rings is 1. The average molecular weight is 350 g/mol. The van der Waals surface area contributed by atoms with Gasteiger partial charge in [-0.25, -0.2) is 13.2 Å². The Morgan fingerprint density at radius 2 is 2.00 bits per heavy atom. The number of benzene rings is 2. The zero-order valence-corrected chi connectivity index (χ0v) is 14.0. The van der Waals surface area contributed by atoms with Gasteiger partial charge in [0.25, 0.3) is 10.0 Å². The summed E-state index contributed by atoms with van der Waals surface area (Å²) < 4.78 is 32.7. The molecule has 6 nitrogen and oxygen atoms in total. The minimum Gasteiger partial charge on any atom is -0.408 e. The van der Waals surface area contributed by atoms with Gasteiger partial charge in [0, 0.05) is 16.6 Å². The molecule has 0 saturated carbocycles. The summed E-state index contributed by atoms with van der Waals surface area (Å²) in [6.45, 7) is 1.66. The Bertz CT molecular complexity index is 1040. The first-order valence-corrected chi connectivity index (χ1v) is 9.40. The molecule has 2 aromatic carbocycles. The Morgan fingerprint density at radius 3 is 2.74 bits per heavy atom. The number of thioether (sulfide) groups is 1. The summed E-state index contributed by atoms with van der Waals surface area (Å²) in [4.78, 5) is 14.8. The lowest BCUT2D eigenvalue weighted by Gasteiger charge is -2.11. The highest BCUT2D eigenvalue weighted by atomic mass is 32.2. The number of fused-ring (bicyclic) bond motifs is 1. The van der Waals surface area contributed by atoms with E-state index in [1.807, 2.05) is 12.3 Å². The standard InChI is InChI=1S/C15H14N2O4S2/c1-9-6-12-13(21-15(18)16-12)8-14(9)23(19,20)17-10-4-3-5-11(7-10)22-2/h3-8,17H,1-2H3,(H,16,18). The third-order valence-electron chi connectivity index (χ3n) is 3.33. The van der Waals surface area contributed by atoms with Crippen molar-refractivity contribution >= 4 is 38.6 Å². The Balaban J connectivity index is 2.04. The molecular formula is C15H14N2O4S2. The van der Waals surface area contributed by atoms with Crippen molar-refractivity contribution in [3.63, 3.8) is 0 Å². The Labute approximate surface area is 137 Å². The average Bonchev–Trinajstić information content (AvgIpc) is 2.85. The lowest BCUT2D eigenvalue weighted by atomic mass is 10.2. The van der Waals surface area contributed by atoms with Crippen LogP contribution < -0.4 is 10.5 Å². The van der Waals surface area contributed by atoms with E-state index in [-0.39, 0.29) is 10.5 Å². The van der Waals surface area contributed by atoms with Crippen molar-refractivity contribution in [2.45, 2.75) is 16.7 Å². The van der Waals surface area contributed by atoms with Crippen molar-refractivity contribution in [1.82, 2.24) is 4.98 Å². The van der Waals surface area contributed by atoms with Gasteiger partial charge in [-0.05, 0) is 43.0 Å². The smallest absolute Gasteiger partial charge is 0.408 e. The van der Waals surface area contributed by atoms with Crippen LogP contribution in [-0.4, -0.2) is 19.7 Å². The second-order valence-corrected chi connectivity index (χ2v) is 7.50. The molecule has 0 aliphatic carbocycles. The van der Waals surface area contributed by atoms with Gasteiger partial charge in [0.2, 0.25) is 0 Å². The van der Waals surface area contributed by atoms with Crippen molar-refractivity contribution in [2.75, 3.05) is 11.0 Å². The molecule has 120 valence electrons. The number of H-pyrrole nitrogens is 1. The third-order valence-corrected chi connectivity index (χ3v) is 5.58. The molecule has 23 heavy (non-hydrogen) atoms. The van der Waals surface area contributed by atoms with Crippen LogP contribution >= 0.6 is 11.8 Å². The molecule has 3 aromatic rings. The molecule has 1 heterocycles. The normalized spacial score (nSPS) is 11.7. The largest absolute Gasteiger partial charge is 0.417 e. The van der Waals surface area contributed by atoms with E-state index in [9.17, 15) is 13.2 Å². The summed E-state index contributed by atoms with van der Waals surface area (Å²) in [5.41, 5.74) is 1.67. The first kappa shape index (κ1) is 15.7. The van der Waals surface area contributed by atoms with E-state index in [4.69, 9.17) is 4.42 Å². The van der Waals surface area contributed by atoms with Crippen LogP contribution in [0.25, 0.3) is 11.1 Å². The summed E-state index contributed by atoms with van der Waals surface area (Å²) in [6.07, 6.45) is 1.92. The quantitative estimate of drug-likeness (QED) is 0.706. The molecule has 0 saturated heterocycles. The highest BCUT2D eigenvalue weighted by molar-refractivity contribution is 7.98. The van der Waals surface area contributed by atoms with Crippen LogP contribution in [0.5, 0.6) is 0 Å². The molecule has 0 fully saturated rings. The van der Waals surface area contributed by atoms with Crippen molar-refractivity contribution in [1.29, 1.82) is 0 Å². The number of nitrogens with one attached hydrogen (secondary N) is 2. The van der Waals surface area contributed by atoms with E-state index in [0.29, 0.717) is 16.8 Å². The predicted molar refractivity (Wildman–Crippen MR) is 90.6 cm³/mol. The van der Waals surface area contributed by atoms with E-state index in [2.05, 4.69) is 9.71 Å². The number of aromatic nitrogens is 1. The zero-order valence-electron chi connectivity index (χ0n) is 12.4. The third kappa shape index (κ3) is 3.13. The molecule has 3 rings (SSSR count). The van der Waals surface area contributed by atoms with Gasteiger partial charge in [-0.15, -0.1) is 11.8 Å². The molecule has 0 bridgehead atoms. The Morgan fingerprint density at radius 1 is 1.22 bits per heavy atom. The van der Waals surface area contributed by atoms with Crippen LogP contribution in [0.15, 0.2) is 55.4 Å². The lowest BCUT2D eigenvalue weighted by molar-refractivity contribution is 0.554. The van der Waals surface area contributed by atoms with E-state index >= 15 is 0 Å². The van der Waals surface area contributed by atoms with Gasteiger partial charge in [-0.2, -0.15) is 0 Å². The fourth-order valence-corrected chi connectivity index (χ4v) is 4.02. The fourth-order valence-electron chi connectivity index (χ4n) is 2.27. The summed E-state index contributed by atoms with van der Waals surface area (Å²) in [5, 5.41) is 0. The maximum absolute atomic E-state index is 12.6. The lowest BCUT2D eigenvalue weighted by Crippen LogP contribution is -2.14. The number of rotatable bonds is 4. The molecule has 0 radical (unpaired) electrons. The number of hydrogen-bond donors (Lipinski definition) is 2. The summed E-state index contributed by atoms with van der Waals surface area (Å²) in [7, 11) is -3.79. The van der Waals surface area contributed by atoms with Crippen molar-refractivity contribution in [2.24, 2.45) is 0 Å². The maximum atomic E-state index is 12.6. The van der Waals surface area contributed by atoms with Gasteiger partial charge in [0.05, 0.1) is 10.4 Å². The Hall–Kier alpha value is -2.19. The molecular weight excluding hydrogens is 336 g/mol. The van der Waals surface area contributed by atoms with Gasteiger partial charge >= 0.3 is 5.76 Å². The predicted octanol–water partition coefficient (Wildman–Crippen LogP) is 2.95. The molecule has 0 aliphatic heterocycles. The topological polar surface area (TPSA) is 92.2 Å². The second kappa shape index (κ2) is 5.78. The van der Waals surface area contributed by atoms with Crippen molar-refractivity contribution < 1.29 is 12.8 Å². The Kier molecular flexibility index (Phi) is 3.95. The van der Waals surface area contributed by atoms with Crippen LogP contribution in [0.1, 0.15) is 5.56 Å². The van der Waals surface area contributed by atoms with Crippen LogP contribution in [-0.2, 0) is 10.0 Å². The van der Waals surface area contributed by atoms with Gasteiger partial charge < -0.3 is 4.42 Å². The summed E-state index contributed by atoms with van der Waals surface area (Å²) >= 11 is 1.52. The number of aryl methyl sites for hydroxylation is 1. The van der Waals surface area contributed by atoms with E-state index < -0.39 is 15.8 Å².